The van der Waals surface area contributed by atoms with E-state index in [4.69, 9.17) is 63.2 Å². The molecule has 69 heavy (non-hydrogen) atoms. The molecule has 0 N–H and O–H groups in total. The van der Waals surface area contributed by atoms with E-state index in [-0.39, 0.29) is 51.9 Å². The van der Waals surface area contributed by atoms with Gasteiger partial charge in [-0.05, 0) is 140 Å². The quantitative estimate of drug-likeness (QED) is 0.131. The van der Waals surface area contributed by atoms with Crippen LogP contribution in [0.3, 0.4) is 0 Å². The zero-order valence-corrected chi connectivity index (χ0v) is 37.2. The lowest BCUT2D eigenvalue weighted by molar-refractivity contribution is 0.401. The van der Waals surface area contributed by atoms with E-state index in [9.17, 15) is 0 Å². The van der Waals surface area contributed by atoms with E-state index in [0.717, 1.165) is 32.3 Å². The summed E-state index contributed by atoms with van der Waals surface area (Å²) in [6, 6.07) is 44.9. The van der Waals surface area contributed by atoms with Gasteiger partial charge in [0.15, 0.2) is 0 Å². The molecule has 0 amide bonds. The van der Waals surface area contributed by atoms with Crippen molar-refractivity contribution in [3.63, 3.8) is 0 Å². The highest BCUT2D eigenvalue weighted by atomic mass is 35.5. The summed E-state index contributed by atoms with van der Waals surface area (Å²) in [7, 11) is 0. The molecule has 1 aliphatic rings. The van der Waals surface area contributed by atoms with Crippen LogP contribution in [-0.4, -0.2) is 44.9 Å². The van der Waals surface area contributed by atoms with E-state index in [0.29, 0.717) is 66.8 Å². The zero-order chi connectivity index (χ0) is 46.2. The normalized spacial score (nSPS) is 12.4. The lowest BCUT2D eigenvalue weighted by Crippen LogP contribution is -2.00. The lowest BCUT2D eigenvalue weighted by atomic mass is 10.0. The first kappa shape index (κ1) is 40.5. The molecular weight excluding hydrogens is 941 g/mol. The summed E-state index contributed by atoms with van der Waals surface area (Å²) in [5.41, 5.74) is 0. The average molecular weight is 965 g/mol. The maximum Gasteiger partial charge on any atom is 0.329 e. The van der Waals surface area contributed by atoms with Crippen LogP contribution in [0.25, 0.3) is 64.6 Å². The highest BCUT2D eigenvalue weighted by molar-refractivity contribution is 6.28. The fourth-order valence-electron chi connectivity index (χ4n) is 8.33. The standard InChI is InChI=1S/C51H24Cl3N9O6/c52-43-55-46-61-47(56-43)66-39-15-3-9-27-20-28-10-4-16-40(34(28)23-33(27)39)68-50-59-45(54)60-51(63-50)69-42-18-6-12-30-21-29-11-5-17-41(35(29)24-36(30)42)67-49-58-44(53)57-48(62-49)65-38-14-2-8-26-19-25-7-1-13-37(64-46)31(25)22-32(26)38/h1-24H. The van der Waals surface area contributed by atoms with Gasteiger partial charge in [0, 0.05) is 32.3 Å². The molecule has 0 atom stereocenters. The van der Waals surface area contributed by atoms with Crippen LogP contribution in [0.5, 0.6) is 70.6 Å². The second kappa shape index (κ2) is 16.2. The van der Waals surface area contributed by atoms with Crippen molar-refractivity contribution in [2.45, 2.75) is 0 Å². The molecule has 0 aliphatic carbocycles. The number of hydrogen-bond acceptors (Lipinski definition) is 15. The molecule has 0 unspecified atom stereocenters. The van der Waals surface area contributed by atoms with Crippen LogP contribution in [0.1, 0.15) is 0 Å². The number of nitrogens with zero attached hydrogens (tertiary/aromatic N) is 9. The van der Waals surface area contributed by atoms with Gasteiger partial charge in [-0.2, -0.15) is 29.9 Å². The highest BCUT2D eigenvalue weighted by Crippen LogP contribution is 2.41. The molecule has 1 aliphatic heterocycles. The van der Waals surface area contributed by atoms with E-state index in [2.05, 4.69) is 44.9 Å². The van der Waals surface area contributed by atoms with Crippen molar-refractivity contribution in [1.82, 2.24) is 44.9 Å². The number of hydrogen-bond donors (Lipinski definition) is 0. The Hall–Kier alpha value is -8.76. The Kier molecular flexibility index (Phi) is 9.53. The smallest absolute Gasteiger partial charge is 0.329 e. The van der Waals surface area contributed by atoms with Crippen molar-refractivity contribution < 1.29 is 28.4 Å². The third-order valence-electron chi connectivity index (χ3n) is 11.3. The van der Waals surface area contributed by atoms with Crippen LogP contribution < -0.4 is 28.4 Å². The fraction of sp³-hybridized carbons (Fsp3) is 0. The van der Waals surface area contributed by atoms with Gasteiger partial charge in [-0.1, -0.05) is 72.8 Å². The van der Waals surface area contributed by atoms with Crippen molar-refractivity contribution in [1.29, 1.82) is 0 Å². The molecule has 12 bridgehead atoms. The van der Waals surface area contributed by atoms with E-state index < -0.39 is 0 Å². The lowest BCUT2D eigenvalue weighted by Gasteiger charge is -2.14. The van der Waals surface area contributed by atoms with Gasteiger partial charge in [0.25, 0.3) is 0 Å². The molecule has 0 radical (unpaired) electrons. The van der Waals surface area contributed by atoms with Crippen LogP contribution >= 0.6 is 34.8 Å². The van der Waals surface area contributed by atoms with Crippen LogP contribution in [-0.2, 0) is 0 Å². The first-order chi connectivity index (χ1) is 33.8. The molecule has 0 spiro atoms. The van der Waals surface area contributed by atoms with Gasteiger partial charge in [-0.3, -0.25) is 0 Å². The number of ether oxygens (including phenoxy) is 6. The molecule has 12 aromatic rings. The van der Waals surface area contributed by atoms with Crippen molar-refractivity contribution in [3.05, 3.63) is 161 Å². The highest BCUT2D eigenvalue weighted by Gasteiger charge is 2.19. The van der Waals surface area contributed by atoms with E-state index in [1.165, 1.54) is 0 Å². The van der Waals surface area contributed by atoms with Gasteiger partial charge in [-0.15, -0.1) is 15.0 Å². The number of fused-ring (bicyclic) bond motifs is 6. The molecule has 9 aromatic carbocycles. The first-order valence-electron chi connectivity index (χ1n) is 21.0. The van der Waals surface area contributed by atoms with Crippen LogP contribution in [0.4, 0.5) is 0 Å². The SMILES string of the molecule is Clc1nc2nc(n1)Oc1cccc3cc4cccc(c4cc13)Oc1nc(Cl)nc(n1)Oc1cccc3cc4cccc(c4cc13)Oc1nc(Cl)nc(n1)Oc1cccc3cc4cccc(c4cc13)O2. The summed E-state index contributed by atoms with van der Waals surface area (Å²) in [4.78, 5) is 39.2. The van der Waals surface area contributed by atoms with Gasteiger partial charge in [0.2, 0.25) is 15.9 Å². The van der Waals surface area contributed by atoms with Crippen molar-refractivity contribution >= 4 is 99.4 Å². The summed E-state index contributed by atoms with van der Waals surface area (Å²) >= 11 is 19.5. The maximum absolute atomic E-state index is 6.50. The zero-order valence-electron chi connectivity index (χ0n) is 35.0. The van der Waals surface area contributed by atoms with Crippen molar-refractivity contribution in [2.75, 3.05) is 0 Å². The molecule has 13 rings (SSSR count). The summed E-state index contributed by atoms with van der Waals surface area (Å²) in [5.74, 6) is 2.55. The van der Waals surface area contributed by atoms with Crippen LogP contribution in [0.15, 0.2) is 146 Å². The summed E-state index contributed by atoms with van der Waals surface area (Å²) in [5, 5.41) is 9.02. The molecule has 15 nitrogen and oxygen atoms in total. The Morgan fingerprint density at radius 1 is 0.232 bits per heavy atom. The largest absolute Gasteiger partial charge is 0.423 e. The number of benzene rings is 9. The topological polar surface area (TPSA) is 171 Å². The summed E-state index contributed by atoms with van der Waals surface area (Å²) in [6.07, 6.45) is 0. The molecule has 0 saturated carbocycles. The third-order valence-corrected chi connectivity index (χ3v) is 11.8. The molecular formula is C51H24Cl3N9O6. The van der Waals surface area contributed by atoms with Gasteiger partial charge in [0.05, 0.1) is 0 Å². The molecule has 18 heteroatoms. The Balaban J connectivity index is 0.985. The molecule has 4 heterocycles. The Morgan fingerprint density at radius 2 is 0.420 bits per heavy atom. The van der Waals surface area contributed by atoms with Gasteiger partial charge in [0.1, 0.15) is 34.5 Å². The predicted octanol–water partition coefficient (Wildman–Crippen LogP) is 14.2. The molecule has 3 aromatic heterocycles. The second-order valence-corrected chi connectivity index (χ2v) is 16.6. The molecule has 330 valence electrons. The molecule has 0 fully saturated rings. The summed E-state index contributed by atoms with van der Waals surface area (Å²) in [6.45, 7) is 0. The minimum Gasteiger partial charge on any atom is -0.423 e. The van der Waals surface area contributed by atoms with Gasteiger partial charge >= 0.3 is 36.1 Å². The average Bonchev–Trinajstić information content (AvgIpc) is 3.32. The van der Waals surface area contributed by atoms with Gasteiger partial charge < -0.3 is 28.4 Å². The number of rotatable bonds is 0. The van der Waals surface area contributed by atoms with E-state index in [1.54, 1.807) is 36.4 Å². The number of halogens is 3. The van der Waals surface area contributed by atoms with Crippen LogP contribution in [0, 0.1) is 0 Å². The summed E-state index contributed by atoms with van der Waals surface area (Å²) < 4.78 is 38.1. The number of aromatic nitrogens is 9. The Labute approximate surface area is 402 Å². The maximum atomic E-state index is 6.50. The fourth-order valence-corrected chi connectivity index (χ4v) is 8.76. The van der Waals surface area contributed by atoms with Crippen LogP contribution in [0.2, 0.25) is 15.9 Å². The van der Waals surface area contributed by atoms with Crippen molar-refractivity contribution in [3.8, 4) is 70.6 Å². The minimum absolute atomic E-state index is 0.103. The van der Waals surface area contributed by atoms with E-state index in [1.807, 2.05) is 109 Å². The predicted molar refractivity (Wildman–Crippen MR) is 259 cm³/mol. The van der Waals surface area contributed by atoms with Crippen molar-refractivity contribution in [2.24, 2.45) is 0 Å². The third kappa shape index (κ3) is 7.65. The van der Waals surface area contributed by atoms with E-state index >= 15 is 0 Å². The molecule has 0 saturated heterocycles. The Bertz CT molecular complexity index is 3480. The minimum atomic E-state index is -0.149. The monoisotopic (exact) mass is 963 g/mol. The first-order valence-corrected chi connectivity index (χ1v) is 22.1. The second-order valence-electron chi connectivity index (χ2n) is 15.5. The van der Waals surface area contributed by atoms with Gasteiger partial charge in [-0.25, -0.2) is 0 Å². The Morgan fingerprint density at radius 3 is 0.609 bits per heavy atom.